The molecule has 32 heavy (non-hydrogen) atoms. The lowest BCUT2D eigenvalue weighted by Gasteiger charge is -2.34. The second kappa shape index (κ2) is 8.49. The molecule has 2 aliphatic rings. The number of rotatable bonds is 4. The van der Waals surface area contributed by atoms with E-state index < -0.39 is 0 Å². The molecule has 0 unspecified atom stereocenters. The Labute approximate surface area is 186 Å². The van der Waals surface area contributed by atoms with Gasteiger partial charge in [-0.25, -0.2) is 0 Å². The topological polar surface area (TPSA) is 74.1 Å². The number of benzene rings is 2. The number of para-hydroxylation sites is 1. The van der Waals surface area contributed by atoms with E-state index in [1.807, 2.05) is 53.4 Å². The van der Waals surface area contributed by atoms with Gasteiger partial charge >= 0.3 is 0 Å². The summed E-state index contributed by atoms with van der Waals surface area (Å²) in [5.74, 6) is 0.344. The van der Waals surface area contributed by atoms with Gasteiger partial charge in [-0.2, -0.15) is 0 Å². The van der Waals surface area contributed by atoms with Crippen molar-refractivity contribution in [2.75, 3.05) is 32.7 Å². The minimum atomic E-state index is -0.144. The molecule has 2 aliphatic heterocycles. The summed E-state index contributed by atoms with van der Waals surface area (Å²) < 4.78 is 5.70. The van der Waals surface area contributed by atoms with Gasteiger partial charge in [-0.1, -0.05) is 30.3 Å². The molecule has 2 aromatic carbocycles. The third-order valence-electron chi connectivity index (χ3n) is 6.24. The van der Waals surface area contributed by atoms with Crippen molar-refractivity contribution in [2.24, 2.45) is 0 Å². The monoisotopic (exact) mass is 431 g/mol. The van der Waals surface area contributed by atoms with Gasteiger partial charge in [0.25, 0.3) is 11.8 Å². The molecule has 164 valence electrons. The average molecular weight is 431 g/mol. The molecule has 3 amide bonds. The summed E-state index contributed by atoms with van der Waals surface area (Å²) in [6.45, 7) is 3.30. The van der Waals surface area contributed by atoms with Crippen LogP contribution in [0.4, 0.5) is 0 Å². The maximum atomic E-state index is 12.9. The van der Waals surface area contributed by atoms with Crippen LogP contribution in [0.25, 0.3) is 11.0 Å². The molecule has 1 aromatic heterocycles. The molecule has 0 radical (unpaired) electrons. The summed E-state index contributed by atoms with van der Waals surface area (Å²) in [4.78, 5) is 42.9. The Kier molecular flexibility index (Phi) is 5.39. The number of furan rings is 1. The third kappa shape index (κ3) is 3.98. The standard InChI is InChI=1S/C25H25N3O4/c29-23-6-3-11-28(23)17-18-7-9-19(10-8-18)24(30)26-12-14-27(15-13-26)25(31)22-16-20-4-1-2-5-21(20)32-22/h1-2,4-5,7-10,16H,3,6,11-15,17H2. The van der Waals surface area contributed by atoms with Crippen LogP contribution in [0.15, 0.2) is 59.0 Å². The second-order valence-corrected chi connectivity index (χ2v) is 8.35. The first-order chi connectivity index (χ1) is 15.6. The molecule has 3 aromatic rings. The summed E-state index contributed by atoms with van der Waals surface area (Å²) in [7, 11) is 0. The van der Waals surface area contributed by atoms with Crippen molar-refractivity contribution in [2.45, 2.75) is 19.4 Å². The number of carbonyl (C=O) groups excluding carboxylic acids is 3. The highest BCUT2D eigenvalue weighted by Gasteiger charge is 2.27. The highest BCUT2D eigenvalue weighted by atomic mass is 16.3. The van der Waals surface area contributed by atoms with E-state index >= 15 is 0 Å². The highest BCUT2D eigenvalue weighted by Crippen LogP contribution is 2.21. The van der Waals surface area contributed by atoms with Gasteiger partial charge in [0.15, 0.2) is 5.76 Å². The second-order valence-electron chi connectivity index (χ2n) is 8.35. The van der Waals surface area contributed by atoms with Crippen LogP contribution in [0.1, 0.15) is 39.3 Å². The van der Waals surface area contributed by atoms with Crippen molar-refractivity contribution in [3.05, 3.63) is 71.5 Å². The van der Waals surface area contributed by atoms with E-state index in [2.05, 4.69) is 0 Å². The molecule has 0 atom stereocenters. The number of nitrogens with zero attached hydrogens (tertiary/aromatic N) is 3. The Bertz CT molecular complexity index is 1130. The number of amides is 3. The van der Waals surface area contributed by atoms with Crippen LogP contribution in [0.5, 0.6) is 0 Å². The number of carbonyl (C=O) groups is 3. The Morgan fingerprint density at radius 3 is 2.19 bits per heavy atom. The Balaban J connectivity index is 1.18. The average Bonchev–Trinajstić information content (AvgIpc) is 3.45. The van der Waals surface area contributed by atoms with Gasteiger partial charge in [-0.15, -0.1) is 0 Å². The zero-order valence-corrected chi connectivity index (χ0v) is 17.8. The van der Waals surface area contributed by atoms with Crippen LogP contribution in [0, 0.1) is 0 Å². The van der Waals surface area contributed by atoms with Crippen LogP contribution < -0.4 is 0 Å². The summed E-state index contributed by atoms with van der Waals surface area (Å²) in [6, 6.07) is 16.8. The summed E-state index contributed by atoms with van der Waals surface area (Å²) in [5.41, 5.74) is 2.35. The van der Waals surface area contributed by atoms with Crippen LogP contribution in [-0.2, 0) is 11.3 Å². The molecule has 5 rings (SSSR count). The molecule has 0 saturated carbocycles. The molecular weight excluding hydrogens is 406 g/mol. The summed E-state index contributed by atoms with van der Waals surface area (Å²) >= 11 is 0. The van der Waals surface area contributed by atoms with Gasteiger partial charge in [-0.05, 0) is 36.2 Å². The van der Waals surface area contributed by atoms with Crippen molar-refractivity contribution < 1.29 is 18.8 Å². The van der Waals surface area contributed by atoms with Crippen LogP contribution in [-0.4, -0.2) is 65.1 Å². The van der Waals surface area contributed by atoms with E-state index in [-0.39, 0.29) is 17.7 Å². The van der Waals surface area contributed by atoms with E-state index in [0.717, 1.165) is 23.9 Å². The minimum Gasteiger partial charge on any atom is -0.451 e. The van der Waals surface area contributed by atoms with Gasteiger partial charge < -0.3 is 19.1 Å². The van der Waals surface area contributed by atoms with Gasteiger partial charge in [-0.3, -0.25) is 14.4 Å². The van der Waals surface area contributed by atoms with Crippen molar-refractivity contribution in [1.29, 1.82) is 0 Å². The van der Waals surface area contributed by atoms with Crippen molar-refractivity contribution in [3.8, 4) is 0 Å². The van der Waals surface area contributed by atoms with Gasteiger partial charge in [0.05, 0.1) is 0 Å². The van der Waals surface area contributed by atoms with E-state index in [9.17, 15) is 14.4 Å². The van der Waals surface area contributed by atoms with E-state index in [1.165, 1.54) is 0 Å². The highest BCUT2D eigenvalue weighted by molar-refractivity contribution is 5.97. The van der Waals surface area contributed by atoms with Crippen LogP contribution >= 0.6 is 0 Å². The van der Waals surface area contributed by atoms with Gasteiger partial charge in [0.1, 0.15) is 5.58 Å². The van der Waals surface area contributed by atoms with Crippen molar-refractivity contribution in [3.63, 3.8) is 0 Å². The molecular formula is C25H25N3O4. The molecule has 2 saturated heterocycles. The fourth-order valence-corrected chi connectivity index (χ4v) is 4.38. The molecule has 0 aliphatic carbocycles. The predicted molar refractivity (Wildman–Crippen MR) is 119 cm³/mol. The lowest BCUT2D eigenvalue weighted by Crippen LogP contribution is -2.50. The molecule has 0 bridgehead atoms. The zero-order valence-electron chi connectivity index (χ0n) is 17.8. The van der Waals surface area contributed by atoms with Crippen LogP contribution in [0.3, 0.4) is 0 Å². The first-order valence-corrected chi connectivity index (χ1v) is 11.0. The van der Waals surface area contributed by atoms with Gasteiger partial charge in [0, 0.05) is 56.6 Å². The van der Waals surface area contributed by atoms with Crippen molar-refractivity contribution in [1.82, 2.24) is 14.7 Å². The molecule has 2 fully saturated rings. The van der Waals surface area contributed by atoms with E-state index in [1.54, 1.807) is 15.9 Å². The zero-order chi connectivity index (χ0) is 22.1. The fraction of sp³-hybridized carbons (Fsp3) is 0.320. The molecule has 0 spiro atoms. The fourth-order valence-electron chi connectivity index (χ4n) is 4.38. The number of hydrogen-bond acceptors (Lipinski definition) is 4. The molecule has 7 nitrogen and oxygen atoms in total. The Hall–Kier alpha value is -3.61. The summed E-state index contributed by atoms with van der Waals surface area (Å²) in [5, 5.41) is 0.905. The maximum Gasteiger partial charge on any atom is 0.289 e. The number of piperazine rings is 1. The minimum absolute atomic E-state index is 0.0374. The van der Waals surface area contributed by atoms with Gasteiger partial charge in [0.2, 0.25) is 5.91 Å². The smallest absolute Gasteiger partial charge is 0.289 e. The Morgan fingerprint density at radius 2 is 1.53 bits per heavy atom. The lowest BCUT2D eigenvalue weighted by atomic mass is 10.1. The first-order valence-electron chi connectivity index (χ1n) is 11.0. The largest absolute Gasteiger partial charge is 0.451 e. The molecule has 7 heteroatoms. The number of likely N-dealkylation sites (tertiary alicyclic amines) is 1. The molecule has 3 heterocycles. The number of fused-ring (bicyclic) bond motifs is 1. The number of hydrogen-bond donors (Lipinski definition) is 0. The third-order valence-corrected chi connectivity index (χ3v) is 6.24. The summed E-state index contributed by atoms with van der Waals surface area (Å²) in [6.07, 6.45) is 1.54. The SMILES string of the molecule is O=C1CCCN1Cc1ccc(C(=O)N2CCN(C(=O)c3cc4ccccc4o3)CC2)cc1. The predicted octanol–water partition coefficient (Wildman–Crippen LogP) is 3.15. The van der Waals surface area contributed by atoms with Crippen molar-refractivity contribution >= 4 is 28.7 Å². The molecule has 0 N–H and O–H groups in total. The first kappa shape index (κ1) is 20.3. The van der Waals surface area contributed by atoms with Crippen LogP contribution in [0.2, 0.25) is 0 Å². The normalized spacial score (nSPS) is 16.8. The lowest BCUT2D eigenvalue weighted by molar-refractivity contribution is -0.128. The van der Waals surface area contributed by atoms with E-state index in [4.69, 9.17) is 4.42 Å². The quantitative estimate of drug-likeness (QED) is 0.636. The maximum absolute atomic E-state index is 12.9. The Morgan fingerprint density at radius 1 is 0.844 bits per heavy atom. The van der Waals surface area contributed by atoms with E-state index in [0.29, 0.717) is 56.1 Å².